The topological polar surface area (TPSA) is 76.1 Å². The van der Waals surface area contributed by atoms with Crippen molar-refractivity contribution in [2.45, 2.75) is 13.8 Å². The van der Waals surface area contributed by atoms with Crippen LogP contribution in [0.15, 0.2) is 54.6 Å². The fraction of sp³-hybridized carbons (Fsp3) is 0.190. The lowest BCUT2D eigenvalue weighted by atomic mass is 10.1. The van der Waals surface area contributed by atoms with E-state index >= 15 is 0 Å². The highest BCUT2D eigenvalue weighted by Crippen LogP contribution is 2.18. The van der Waals surface area contributed by atoms with Gasteiger partial charge in [0, 0.05) is 17.3 Å². The van der Waals surface area contributed by atoms with Crippen molar-refractivity contribution in [2.24, 2.45) is 0 Å². The minimum absolute atomic E-state index is 0.255. The average Bonchev–Trinajstić information content (AvgIpc) is 2.69. The van der Waals surface area contributed by atoms with Crippen molar-refractivity contribution in [3.63, 3.8) is 0 Å². The molecule has 0 unspecified atom stereocenters. The number of anilines is 1. The van der Waals surface area contributed by atoms with Crippen molar-refractivity contribution in [3.05, 3.63) is 71.5 Å². The predicted molar refractivity (Wildman–Crippen MR) is 106 cm³/mol. The minimum atomic E-state index is -0.300. The summed E-state index contributed by atoms with van der Waals surface area (Å²) in [5.41, 5.74) is 4.31. The van der Waals surface area contributed by atoms with Gasteiger partial charge in [-0.2, -0.15) is 0 Å². The van der Waals surface area contributed by atoms with Crippen LogP contribution in [0, 0.1) is 19.7 Å². The molecule has 2 amide bonds. The van der Waals surface area contributed by atoms with E-state index in [9.17, 15) is 9.18 Å². The van der Waals surface area contributed by atoms with Crippen LogP contribution in [-0.2, 0) is 0 Å². The molecule has 0 bridgehead atoms. The Bertz CT molecular complexity index is 944. The third-order valence-corrected chi connectivity index (χ3v) is 4.05. The number of urea groups is 1. The molecule has 0 saturated heterocycles. The third kappa shape index (κ3) is 5.26. The van der Waals surface area contributed by atoms with Crippen molar-refractivity contribution in [2.75, 3.05) is 18.5 Å². The molecule has 0 aliphatic rings. The first kappa shape index (κ1) is 19.3. The molecule has 6 nitrogen and oxygen atoms in total. The molecular formula is C21H21FN4O2. The van der Waals surface area contributed by atoms with Crippen LogP contribution in [0.5, 0.6) is 5.88 Å². The van der Waals surface area contributed by atoms with Gasteiger partial charge in [0.25, 0.3) is 0 Å². The van der Waals surface area contributed by atoms with Gasteiger partial charge < -0.3 is 15.4 Å². The second-order valence-corrected chi connectivity index (χ2v) is 6.31. The fourth-order valence-electron chi connectivity index (χ4n) is 2.61. The highest BCUT2D eigenvalue weighted by molar-refractivity contribution is 5.90. The van der Waals surface area contributed by atoms with Crippen molar-refractivity contribution >= 4 is 11.7 Å². The number of hydrogen-bond donors (Lipinski definition) is 2. The van der Waals surface area contributed by atoms with E-state index in [0.29, 0.717) is 18.1 Å². The van der Waals surface area contributed by atoms with E-state index in [-0.39, 0.29) is 18.5 Å². The van der Waals surface area contributed by atoms with E-state index in [0.717, 1.165) is 22.4 Å². The van der Waals surface area contributed by atoms with Crippen LogP contribution in [-0.4, -0.2) is 29.4 Å². The van der Waals surface area contributed by atoms with Crippen LogP contribution in [0.2, 0.25) is 0 Å². The van der Waals surface area contributed by atoms with Crippen molar-refractivity contribution in [3.8, 4) is 17.1 Å². The van der Waals surface area contributed by atoms with Gasteiger partial charge in [-0.25, -0.2) is 9.18 Å². The minimum Gasteiger partial charge on any atom is -0.475 e. The Balaban J connectivity index is 1.43. The summed E-state index contributed by atoms with van der Waals surface area (Å²) >= 11 is 0. The molecule has 0 fully saturated rings. The van der Waals surface area contributed by atoms with Crippen molar-refractivity contribution in [1.29, 1.82) is 0 Å². The van der Waals surface area contributed by atoms with Crippen LogP contribution < -0.4 is 15.4 Å². The number of amides is 2. The first-order valence-corrected chi connectivity index (χ1v) is 8.86. The standard InChI is InChI=1S/C21H21FN4O2/c1-14-3-8-18(15(2)13-14)24-21(27)23-11-12-28-20-10-9-19(25-26-20)16-4-6-17(22)7-5-16/h3-10,13H,11-12H2,1-2H3,(H2,23,24,27). The lowest BCUT2D eigenvalue weighted by Crippen LogP contribution is -2.32. The van der Waals surface area contributed by atoms with Crippen molar-refractivity contribution < 1.29 is 13.9 Å². The van der Waals surface area contributed by atoms with E-state index in [4.69, 9.17) is 4.74 Å². The molecule has 0 aliphatic carbocycles. The summed E-state index contributed by atoms with van der Waals surface area (Å²) in [5, 5.41) is 13.6. The Morgan fingerprint density at radius 3 is 2.50 bits per heavy atom. The zero-order chi connectivity index (χ0) is 19.9. The lowest BCUT2D eigenvalue weighted by molar-refractivity contribution is 0.246. The van der Waals surface area contributed by atoms with Gasteiger partial charge in [-0.15, -0.1) is 10.2 Å². The maximum atomic E-state index is 13.0. The average molecular weight is 380 g/mol. The van der Waals surface area contributed by atoms with Gasteiger partial charge >= 0.3 is 6.03 Å². The van der Waals surface area contributed by atoms with Gasteiger partial charge in [0.15, 0.2) is 0 Å². The Morgan fingerprint density at radius 1 is 1.04 bits per heavy atom. The quantitative estimate of drug-likeness (QED) is 0.631. The van der Waals surface area contributed by atoms with Gasteiger partial charge in [0.05, 0.1) is 12.2 Å². The van der Waals surface area contributed by atoms with Gasteiger partial charge in [0.1, 0.15) is 12.4 Å². The first-order chi connectivity index (χ1) is 13.5. The summed E-state index contributed by atoms with van der Waals surface area (Å²) in [6.07, 6.45) is 0. The van der Waals surface area contributed by atoms with Gasteiger partial charge in [-0.1, -0.05) is 17.7 Å². The van der Waals surface area contributed by atoms with Crippen LogP contribution in [0.25, 0.3) is 11.3 Å². The molecular weight excluding hydrogens is 359 g/mol. The number of rotatable bonds is 6. The molecule has 1 aromatic heterocycles. The molecule has 1 heterocycles. The summed E-state index contributed by atoms with van der Waals surface area (Å²) in [7, 11) is 0. The second-order valence-electron chi connectivity index (χ2n) is 6.31. The summed E-state index contributed by atoms with van der Waals surface area (Å²) in [5.74, 6) is 0.0492. The van der Waals surface area contributed by atoms with Crippen LogP contribution in [0.4, 0.5) is 14.9 Å². The highest BCUT2D eigenvalue weighted by atomic mass is 19.1. The number of aryl methyl sites for hydroxylation is 2. The molecule has 3 aromatic rings. The normalized spacial score (nSPS) is 10.4. The molecule has 2 aromatic carbocycles. The number of benzene rings is 2. The molecule has 0 spiro atoms. The first-order valence-electron chi connectivity index (χ1n) is 8.86. The summed E-state index contributed by atoms with van der Waals surface area (Å²) in [4.78, 5) is 12.0. The Labute approximate surface area is 162 Å². The van der Waals surface area contributed by atoms with E-state index in [1.165, 1.54) is 12.1 Å². The zero-order valence-electron chi connectivity index (χ0n) is 15.7. The number of aromatic nitrogens is 2. The molecule has 144 valence electrons. The predicted octanol–water partition coefficient (Wildman–Crippen LogP) is 4.10. The lowest BCUT2D eigenvalue weighted by Gasteiger charge is -2.11. The number of halogens is 1. The molecule has 3 rings (SSSR count). The second kappa shape index (κ2) is 8.94. The van der Waals surface area contributed by atoms with E-state index < -0.39 is 0 Å². The van der Waals surface area contributed by atoms with Crippen LogP contribution >= 0.6 is 0 Å². The maximum absolute atomic E-state index is 13.0. The monoisotopic (exact) mass is 380 g/mol. The van der Waals surface area contributed by atoms with Crippen molar-refractivity contribution in [1.82, 2.24) is 15.5 Å². The molecule has 0 aliphatic heterocycles. The van der Waals surface area contributed by atoms with Crippen LogP contribution in [0.1, 0.15) is 11.1 Å². The number of ether oxygens (including phenoxy) is 1. The SMILES string of the molecule is Cc1ccc(NC(=O)NCCOc2ccc(-c3ccc(F)cc3)nn2)c(C)c1. The highest BCUT2D eigenvalue weighted by Gasteiger charge is 2.05. The zero-order valence-corrected chi connectivity index (χ0v) is 15.7. The largest absolute Gasteiger partial charge is 0.475 e. The molecule has 0 radical (unpaired) electrons. The maximum Gasteiger partial charge on any atom is 0.319 e. The summed E-state index contributed by atoms with van der Waals surface area (Å²) in [6, 6.07) is 15.0. The van der Waals surface area contributed by atoms with Gasteiger partial charge in [0.2, 0.25) is 5.88 Å². The molecule has 28 heavy (non-hydrogen) atoms. The molecule has 0 saturated carbocycles. The number of nitrogens with zero attached hydrogens (tertiary/aromatic N) is 2. The summed E-state index contributed by atoms with van der Waals surface area (Å²) < 4.78 is 18.4. The number of carbonyl (C=O) groups is 1. The molecule has 7 heteroatoms. The number of nitrogens with one attached hydrogen (secondary N) is 2. The van der Waals surface area contributed by atoms with E-state index in [1.54, 1.807) is 24.3 Å². The number of hydrogen-bond acceptors (Lipinski definition) is 4. The third-order valence-electron chi connectivity index (χ3n) is 4.05. The Hall–Kier alpha value is -3.48. The Kier molecular flexibility index (Phi) is 6.16. The number of carbonyl (C=O) groups excluding carboxylic acids is 1. The van der Waals surface area contributed by atoms with Crippen LogP contribution in [0.3, 0.4) is 0 Å². The fourth-order valence-corrected chi connectivity index (χ4v) is 2.61. The Morgan fingerprint density at radius 2 is 1.82 bits per heavy atom. The molecule has 0 atom stereocenters. The van der Waals surface area contributed by atoms with Gasteiger partial charge in [-0.3, -0.25) is 0 Å². The van der Waals surface area contributed by atoms with E-state index in [2.05, 4.69) is 20.8 Å². The smallest absolute Gasteiger partial charge is 0.319 e. The van der Waals surface area contributed by atoms with Gasteiger partial charge in [-0.05, 0) is 55.8 Å². The summed E-state index contributed by atoms with van der Waals surface area (Å²) in [6.45, 7) is 4.52. The van der Waals surface area contributed by atoms with E-state index in [1.807, 2.05) is 32.0 Å². The molecule has 2 N–H and O–H groups in total.